The van der Waals surface area contributed by atoms with Crippen molar-refractivity contribution in [2.45, 2.75) is 40.0 Å². The van der Waals surface area contributed by atoms with E-state index in [9.17, 15) is 35.9 Å². The average molecular weight is 548 g/mol. The van der Waals surface area contributed by atoms with E-state index in [0.29, 0.717) is 11.1 Å². The summed E-state index contributed by atoms with van der Waals surface area (Å²) in [4.78, 5) is 25.9. The van der Waals surface area contributed by atoms with E-state index in [0.717, 1.165) is 12.1 Å². The highest BCUT2D eigenvalue weighted by Crippen LogP contribution is 2.36. The highest BCUT2D eigenvalue weighted by atomic mass is 35.5. The van der Waals surface area contributed by atoms with Gasteiger partial charge in [-0.1, -0.05) is 36.4 Å². The number of aryl methyl sites for hydroxylation is 2. The van der Waals surface area contributed by atoms with Crippen molar-refractivity contribution in [1.82, 2.24) is 0 Å². The summed E-state index contributed by atoms with van der Waals surface area (Å²) in [5.41, 5.74) is 8.84. The summed E-state index contributed by atoms with van der Waals surface area (Å²) in [5, 5.41) is -0.889. The Hall–Kier alpha value is -3.60. The maximum absolute atomic E-state index is 13.0. The van der Waals surface area contributed by atoms with Crippen molar-refractivity contribution in [3.63, 3.8) is 0 Å². The van der Waals surface area contributed by atoms with Crippen LogP contribution in [0.1, 0.15) is 67.9 Å². The third-order valence-electron chi connectivity index (χ3n) is 4.77. The topological polar surface area (TPSA) is 98.5 Å². The van der Waals surface area contributed by atoms with E-state index in [4.69, 9.17) is 23.1 Å². The van der Waals surface area contributed by atoms with Gasteiger partial charge in [-0.05, 0) is 73.7 Å². The number of halogens is 7. The summed E-state index contributed by atoms with van der Waals surface area (Å²) in [5.74, 6) is -1.40. The summed E-state index contributed by atoms with van der Waals surface area (Å²) in [6.45, 7) is 6.29. The SMILES string of the molecule is CC=Cc1cc(C)c(C(=O)Cl)cc1C(F)(F)F.CC=Cc1cc(C)c(C(=O)N=C(N)N)cc1C(F)(F)F. The number of nitrogens with two attached hydrogens (primary N) is 2. The predicted molar refractivity (Wildman–Crippen MR) is 132 cm³/mol. The Kier molecular flexibility index (Phi) is 10.7. The monoisotopic (exact) mass is 547 g/mol. The van der Waals surface area contributed by atoms with Gasteiger partial charge >= 0.3 is 12.4 Å². The molecule has 0 aromatic heterocycles. The lowest BCUT2D eigenvalue weighted by Crippen LogP contribution is -2.24. The van der Waals surface area contributed by atoms with Crippen LogP contribution in [0.25, 0.3) is 12.2 Å². The minimum absolute atomic E-state index is 0.0150. The molecule has 0 saturated heterocycles. The van der Waals surface area contributed by atoms with Crippen LogP contribution in [-0.4, -0.2) is 17.1 Å². The normalized spacial score (nSPS) is 11.9. The molecule has 0 bridgehead atoms. The fraction of sp³-hybridized carbons (Fsp3) is 0.240. The number of aliphatic imine (C=N–C) groups is 1. The lowest BCUT2D eigenvalue weighted by molar-refractivity contribution is -0.138. The number of hydrogen-bond donors (Lipinski definition) is 2. The summed E-state index contributed by atoms with van der Waals surface area (Å²) >= 11 is 5.24. The molecule has 4 N–H and O–H groups in total. The van der Waals surface area contributed by atoms with Gasteiger partial charge in [0.15, 0.2) is 5.96 Å². The number of allylic oxidation sites excluding steroid dienone is 2. The molecule has 0 aliphatic heterocycles. The maximum atomic E-state index is 13.0. The van der Waals surface area contributed by atoms with Gasteiger partial charge in [-0.25, -0.2) is 0 Å². The highest BCUT2D eigenvalue weighted by Gasteiger charge is 2.35. The predicted octanol–water partition coefficient (Wildman–Crippen LogP) is 6.89. The maximum Gasteiger partial charge on any atom is 0.417 e. The first-order chi connectivity index (χ1) is 16.9. The summed E-state index contributed by atoms with van der Waals surface area (Å²) in [6, 6.07) is 4.14. The van der Waals surface area contributed by atoms with Crippen LogP contribution in [0.2, 0.25) is 0 Å². The molecular weight excluding hydrogens is 524 g/mol. The second-order valence-electron chi connectivity index (χ2n) is 7.62. The Balaban J connectivity index is 0.000000375. The van der Waals surface area contributed by atoms with Gasteiger partial charge in [-0.3, -0.25) is 9.59 Å². The van der Waals surface area contributed by atoms with Crippen LogP contribution >= 0.6 is 11.6 Å². The minimum atomic E-state index is -4.57. The Labute approximate surface area is 214 Å². The van der Waals surface area contributed by atoms with Crippen LogP contribution in [0, 0.1) is 13.8 Å². The van der Waals surface area contributed by atoms with Gasteiger partial charge in [0.25, 0.3) is 11.1 Å². The van der Waals surface area contributed by atoms with E-state index in [1.54, 1.807) is 20.8 Å². The largest absolute Gasteiger partial charge is 0.417 e. The van der Waals surface area contributed by atoms with Gasteiger partial charge in [-0.15, -0.1) is 0 Å². The standard InChI is InChI=1S/C13H14F3N3O.C12H10ClF3O/c1-3-4-8-5-7(2)9(11(20)19-12(17)18)6-10(8)13(14,15)16;1-3-4-8-5-7(2)9(11(13)17)6-10(8)12(14,15)16/h3-6H,1-2H3,(H4,17,18,19,20);3-6H,1-2H3. The molecule has 0 saturated carbocycles. The van der Waals surface area contributed by atoms with Crippen LogP contribution in [0.15, 0.2) is 41.4 Å². The second-order valence-corrected chi connectivity index (χ2v) is 7.96. The first kappa shape index (κ1) is 31.4. The van der Waals surface area contributed by atoms with E-state index >= 15 is 0 Å². The lowest BCUT2D eigenvalue weighted by atomic mass is 9.98. The van der Waals surface area contributed by atoms with E-state index in [2.05, 4.69) is 4.99 Å². The number of hydrogen-bond acceptors (Lipinski definition) is 2. The lowest BCUT2D eigenvalue weighted by Gasteiger charge is -2.13. The average Bonchev–Trinajstić information content (AvgIpc) is 2.72. The molecule has 5 nitrogen and oxygen atoms in total. The Morgan fingerprint density at radius 1 is 0.784 bits per heavy atom. The third kappa shape index (κ3) is 8.78. The van der Waals surface area contributed by atoms with Crippen LogP contribution in [0.5, 0.6) is 0 Å². The molecule has 37 heavy (non-hydrogen) atoms. The van der Waals surface area contributed by atoms with Crippen LogP contribution in [-0.2, 0) is 12.4 Å². The zero-order valence-electron chi connectivity index (χ0n) is 20.2. The number of guanidine groups is 1. The van der Waals surface area contributed by atoms with Gasteiger partial charge in [-0.2, -0.15) is 31.3 Å². The van der Waals surface area contributed by atoms with E-state index in [-0.39, 0.29) is 22.3 Å². The Morgan fingerprint density at radius 2 is 1.16 bits per heavy atom. The number of alkyl halides is 6. The smallest absolute Gasteiger partial charge is 0.370 e. The van der Waals surface area contributed by atoms with E-state index in [1.165, 1.54) is 43.4 Å². The third-order valence-corrected chi connectivity index (χ3v) is 4.97. The van der Waals surface area contributed by atoms with Crippen molar-refractivity contribution < 1.29 is 35.9 Å². The fourth-order valence-corrected chi connectivity index (χ4v) is 3.41. The molecule has 0 aliphatic rings. The molecule has 0 atom stereocenters. The van der Waals surface area contributed by atoms with Crippen LogP contribution < -0.4 is 11.5 Å². The molecule has 2 aromatic rings. The Morgan fingerprint density at radius 3 is 1.49 bits per heavy atom. The quantitative estimate of drug-likeness (QED) is 0.188. The van der Waals surface area contributed by atoms with Crippen molar-refractivity contribution >= 4 is 40.9 Å². The molecule has 0 heterocycles. The van der Waals surface area contributed by atoms with Crippen LogP contribution in [0.3, 0.4) is 0 Å². The summed E-state index contributed by atoms with van der Waals surface area (Å²) in [7, 11) is 0. The van der Waals surface area contributed by atoms with Gasteiger partial charge in [0.1, 0.15) is 0 Å². The number of nitrogens with zero attached hydrogens (tertiary/aromatic N) is 1. The first-order valence-electron chi connectivity index (χ1n) is 10.5. The molecule has 0 radical (unpaired) electrons. The highest BCUT2D eigenvalue weighted by molar-refractivity contribution is 6.67. The molecule has 12 heteroatoms. The molecule has 200 valence electrons. The van der Waals surface area contributed by atoms with E-state index < -0.39 is 40.6 Å². The molecule has 1 amide bonds. The van der Waals surface area contributed by atoms with Gasteiger partial charge < -0.3 is 11.5 Å². The molecular formula is C25H24ClF6N3O2. The molecule has 0 fully saturated rings. The van der Waals surface area contributed by atoms with Crippen molar-refractivity contribution in [3.05, 3.63) is 80.9 Å². The Bertz CT molecular complexity index is 1260. The fourth-order valence-electron chi connectivity index (χ4n) is 3.21. The minimum Gasteiger partial charge on any atom is -0.370 e. The zero-order valence-corrected chi connectivity index (χ0v) is 20.9. The molecule has 0 unspecified atom stereocenters. The van der Waals surface area contributed by atoms with Crippen molar-refractivity contribution in [3.8, 4) is 0 Å². The van der Waals surface area contributed by atoms with Gasteiger partial charge in [0, 0.05) is 11.1 Å². The number of carbonyl (C=O) groups is 2. The number of carbonyl (C=O) groups excluding carboxylic acids is 2. The summed E-state index contributed by atoms with van der Waals surface area (Å²) < 4.78 is 77.2. The van der Waals surface area contributed by atoms with Crippen molar-refractivity contribution in [2.24, 2.45) is 16.5 Å². The molecule has 2 aromatic carbocycles. The number of rotatable bonds is 4. The van der Waals surface area contributed by atoms with Gasteiger partial charge in [0.2, 0.25) is 0 Å². The van der Waals surface area contributed by atoms with Gasteiger partial charge in [0.05, 0.1) is 11.1 Å². The number of amides is 1. The van der Waals surface area contributed by atoms with Crippen LogP contribution in [0.4, 0.5) is 26.3 Å². The first-order valence-corrected chi connectivity index (χ1v) is 10.8. The number of benzene rings is 2. The molecule has 0 aliphatic carbocycles. The molecule has 2 rings (SSSR count). The van der Waals surface area contributed by atoms with Crippen molar-refractivity contribution in [2.75, 3.05) is 0 Å². The van der Waals surface area contributed by atoms with E-state index in [1.807, 2.05) is 0 Å². The zero-order chi connectivity index (χ0) is 28.7. The molecule has 0 spiro atoms. The van der Waals surface area contributed by atoms with Crippen molar-refractivity contribution in [1.29, 1.82) is 0 Å². The second kappa shape index (κ2) is 12.6. The summed E-state index contributed by atoms with van der Waals surface area (Å²) in [6.07, 6.45) is -3.42.